The topological polar surface area (TPSA) is 0 Å². The highest BCUT2D eigenvalue weighted by atomic mass is 32.2. The number of hydrogen-bond donors (Lipinski definition) is 0. The highest BCUT2D eigenvalue weighted by Gasteiger charge is 2.44. The maximum Gasteiger partial charge on any atom is 0.347 e. The van der Waals surface area contributed by atoms with Gasteiger partial charge in [-0.1, -0.05) is 11.8 Å². The van der Waals surface area contributed by atoms with Gasteiger partial charge in [0, 0.05) is 0 Å². The summed E-state index contributed by atoms with van der Waals surface area (Å²) in [7, 11) is 0. The summed E-state index contributed by atoms with van der Waals surface area (Å²) in [4.78, 5) is 0. The van der Waals surface area contributed by atoms with Crippen molar-refractivity contribution in [2.75, 3.05) is 5.75 Å². The molecule has 0 aromatic heterocycles. The average molecular weight is 158 g/mol. The van der Waals surface area contributed by atoms with Crippen LogP contribution in [0.3, 0.4) is 0 Å². The third-order valence-electron chi connectivity index (χ3n) is 0.874. The van der Waals surface area contributed by atoms with E-state index in [1.165, 1.54) is 0 Å². The third kappa shape index (κ3) is 1.05. The lowest BCUT2D eigenvalue weighted by Gasteiger charge is -2.02. The van der Waals surface area contributed by atoms with Crippen molar-refractivity contribution in [2.24, 2.45) is 0 Å². The Hall–Kier alpha value is -0.190. The summed E-state index contributed by atoms with van der Waals surface area (Å²) in [5.41, 5.74) is 0. The van der Waals surface area contributed by atoms with Crippen LogP contribution in [0.25, 0.3) is 0 Å². The van der Waals surface area contributed by atoms with E-state index in [9.17, 15) is 17.6 Å². The summed E-state index contributed by atoms with van der Waals surface area (Å²) in [6.45, 7) is 0. The Morgan fingerprint density at radius 1 is 1.33 bits per heavy atom. The molecule has 0 atom stereocenters. The van der Waals surface area contributed by atoms with E-state index in [2.05, 4.69) is 0 Å². The van der Waals surface area contributed by atoms with E-state index in [4.69, 9.17) is 0 Å². The molecule has 0 unspecified atom stereocenters. The minimum absolute atomic E-state index is 0.0417. The van der Waals surface area contributed by atoms with Gasteiger partial charge < -0.3 is 0 Å². The van der Waals surface area contributed by atoms with E-state index in [1.54, 1.807) is 0 Å². The molecule has 5 heteroatoms. The minimum Gasteiger partial charge on any atom is -0.208 e. The maximum atomic E-state index is 11.9. The summed E-state index contributed by atoms with van der Waals surface area (Å²) in [6, 6.07) is 0. The molecule has 0 bridgehead atoms. The first-order valence-corrected chi connectivity index (χ1v) is 3.09. The molecule has 1 rings (SSSR count). The van der Waals surface area contributed by atoms with E-state index in [-0.39, 0.29) is 11.8 Å². The minimum atomic E-state index is -3.62. The van der Waals surface area contributed by atoms with Gasteiger partial charge in [-0.15, -0.1) is 0 Å². The molecular formula is C4H2F4S. The molecular weight excluding hydrogens is 156 g/mol. The number of thioether (sulfide) groups is 1. The number of halogens is 4. The monoisotopic (exact) mass is 158 g/mol. The Labute approximate surface area is 52.9 Å². The maximum absolute atomic E-state index is 11.9. The predicted molar refractivity (Wildman–Crippen MR) is 26.6 cm³/mol. The van der Waals surface area contributed by atoms with Crippen LogP contribution in [0.5, 0.6) is 0 Å². The third-order valence-corrected chi connectivity index (χ3v) is 1.81. The fourth-order valence-corrected chi connectivity index (χ4v) is 1.11. The summed E-state index contributed by atoms with van der Waals surface area (Å²) in [6.07, 6.45) is 0. The van der Waals surface area contributed by atoms with Crippen LogP contribution in [0, 0.1) is 0 Å². The van der Waals surface area contributed by atoms with Gasteiger partial charge in [0.1, 0.15) is 5.83 Å². The second kappa shape index (κ2) is 1.90. The molecule has 0 aromatic carbocycles. The molecule has 0 spiro atoms. The Morgan fingerprint density at radius 2 is 1.89 bits per heavy atom. The van der Waals surface area contributed by atoms with E-state index < -0.39 is 22.7 Å². The number of hydrogen-bond acceptors (Lipinski definition) is 1. The van der Waals surface area contributed by atoms with Crippen LogP contribution >= 0.6 is 11.8 Å². The SMILES string of the molecule is FC1=C(F)C(F)(F)SC1. The quantitative estimate of drug-likeness (QED) is 0.488. The molecule has 9 heavy (non-hydrogen) atoms. The second-order valence-corrected chi connectivity index (χ2v) is 2.61. The van der Waals surface area contributed by atoms with Crippen LogP contribution in [0.4, 0.5) is 17.6 Å². The molecule has 0 aromatic rings. The first kappa shape index (κ1) is 6.92. The van der Waals surface area contributed by atoms with Crippen LogP contribution < -0.4 is 0 Å². The van der Waals surface area contributed by atoms with Gasteiger partial charge in [0.15, 0.2) is 0 Å². The van der Waals surface area contributed by atoms with Gasteiger partial charge in [-0.25, -0.2) is 8.78 Å². The summed E-state index contributed by atoms with van der Waals surface area (Å²) in [5.74, 6) is -3.82. The van der Waals surface area contributed by atoms with Gasteiger partial charge in [-0.2, -0.15) is 8.78 Å². The van der Waals surface area contributed by atoms with Gasteiger partial charge in [0.2, 0.25) is 5.83 Å². The average Bonchev–Trinajstić information content (AvgIpc) is 1.97. The lowest BCUT2D eigenvalue weighted by Crippen LogP contribution is -2.05. The molecule has 0 fully saturated rings. The lowest BCUT2D eigenvalue weighted by atomic mass is 10.5. The van der Waals surface area contributed by atoms with Gasteiger partial charge >= 0.3 is 5.25 Å². The molecule has 0 N–H and O–H groups in total. The van der Waals surface area contributed by atoms with Gasteiger partial charge in [0.05, 0.1) is 5.75 Å². The number of rotatable bonds is 0. The molecule has 1 aliphatic heterocycles. The van der Waals surface area contributed by atoms with Gasteiger partial charge in [0.25, 0.3) is 0 Å². The largest absolute Gasteiger partial charge is 0.347 e. The first-order chi connectivity index (χ1) is 4.04. The lowest BCUT2D eigenvalue weighted by molar-refractivity contribution is 0.119. The Balaban J connectivity index is 2.88. The Kier molecular flexibility index (Phi) is 1.46. The van der Waals surface area contributed by atoms with Crippen LogP contribution in [0.15, 0.2) is 11.7 Å². The van der Waals surface area contributed by atoms with Crippen molar-refractivity contribution in [3.8, 4) is 0 Å². The zero-order chi connectivity index (χ0) is 7.07. The number of alkyl halides is 2. The summed E-state index contributed by atoms with van der Waals surface area (Å²) < 4.78 is 47.4. The fraction of sp³-hybridized carbons (Fsp3) is 0.500. The zero-order valence-electron chi connectivity index (χ0n) is 4.13. The summed E-state index contributed by atoms with van der Waals surface area (Å²) >= 11 is -0.0417. The van der Waals surface area contributed by atoms with E-state index in [0.29, 0.717) is 0 Å². The van der Waals surface area contributed by atoms with E-state index >= 15 is 0 Å². The highest BCUT2D eigenvalue weighted by molar-refractivity contribution is 8.00. The highest BCUT2D eigenvalue weighted by Crippen LogP contribution is 2.45. The van der Waals surface area contributed by atoms with Gasteiger partial charge in [-0.3, -0.25) is 0 Å². The molecule has 1 heterocycles. The van der Waals surface area contributed by atoms with Crippen LogP contribution in [-0.2, 0) is 0 Å². The molecule has 0 saturated heterocycles. The van der Waals surface area contributed by atoms with E-state index in [0.717, 1.165) is 0 Å². The molecule has 1 aliphatic rings. The molecule has 0 amide bonds. The van der Waals surface area contributed by atoms with E-state index in [1.807, 2.05) is 0 Å². The molecule has 0 aliphatic carbocycles. The van der Waals surface area contributed by atoms with Crippen LogP contribution in [0.1, 0.15) is 0 Å². The fourth-order valence-electron chi connectivity index (χ4n) is 0.439. The predicted octanol–water partition coefficient (Wildman–Crippen LogP) is 2.48. The normalized spacial score (nSPS) is 25.3. The van der Waals surface area contributed by atoms with Crippen molar-refractivity contribution in [1.29, 1.82) is 0 Å². The van der Waals surface area contributed by atoms with Crippen molar-refractivity contribution >= 4 is 11.8 Å². The Morgan fingerprint density at radius 3 is 2.00 bits per heavy atom. The zero-order valence-corrected chi connectivity index (χ0v) is 4.94. The van der Waals surface area contributed by atoms with Crippen LogP contribution in [0.2, 0.25) is 0 Å². The van der Waals surface area contributed by atoms with Crippen molar-refractivity contribution in [2.45, 2.75) is 5.25 Å². The van der Waals surface area contributed by atoms with Crippen molar-refractivity contribution in [3.05, 3.63) is 11.7 Å². The first-order valence-electron chi connectivity index (χ1n) is 2.10. The van der Waals surface area contributed by atoms with Crippen LogP contribution in [-0.4, -0.2) is 11.0 Å². The smallest absolute Gasteiger partial charge is 0.208 e. The molecule has 52 valence electrons. The second-order valence-electron chi connectivity index (χ2n) is 1.52. The standard InChI is InChI=1S/C4H2F4S/c5-2-1-9-4(7,8)3(2)6/h1H2. The molecule has 0 radical (unpaired) electrons. The van der Waals surface area contributed by atoms with Gasteiger partial charge in [-0.05, 0) is 0 Å². The molecule has 0 nitrogen and oxygen atoms in total. The van der Waals surface area contributed by atoms with Crippen molar-refractivity contribution in [3.63, 3.8) is 0 Å². The summed E-state index contributed by atoms with van der Waals surface area (Å²) in [5, 5.41) is -3.62. The van der Waals surface area contributed by atoms with Crippen molar-refractivity contribution in [1.82, 2.24) is 0 Å². The molecule has 0 saturated carbocycles. The van der Waals surface area contributed by atoms with Crippen molar-refractivity contribution < 1.29 is 17.6 Å². The Bertz CT molecular complexity index is 162.